The van der Waals surface area contributed by atoms with Crippen LogP contribution >= 0.6 is 0 Å². The van der Waals surface area contributed by atoms with Gasteiger partial charge in [0.05, 0.1) is 5.92 Å². The van der Waals surface area contributed by atoms with Crippen LogP contribution in [-0.2, 0) is 4.79 Å². The van der Waals surface area contributed by atoms with Crippen LogP contribution < -0.4 is 0 Å². The summed E-state index contributed by atoms with van der Waals surface area (Å²) in [6.45, 7) is 6.49. The maximum atomic E-state index is 10.9. The lowest BCUT2D eigenvalue weighted by atomic mass is 9.62. The van der Waals surface area contributed by atoms with Crippen LogP contribution in [0.1, 0.15) is 27.2 Å². The molecule has 3 rings (SSSR count). The highest BCUT2D eigenvalue weighted by atomic mass is 16.4. The predicted molar refractivity (Wildman–Crippen MR) is 54.9 cm³/mol. The van der Waals surface area contributed by atoms with Crippen LogP contribution in [0.25, 0.3) is 0 Å². The van der Waals surface area contributed by atoms with E-state index in [1.165, 1.54) is 5.57 Å². The minimum absolute atomic E-state index is 0.146. The molecule has 2 bridgehead atoms. The molecule has 1 fully saturated rings. The first-order chi connectivity index (χ1) is 6.39. The van der Waals surface area contributed by atoms with E-state index < -0.39 is 5.97 Å². The molecule has 0 aromatic carbocycles. The summed E-state index contributed by atoms with van der Waals surface area (Å²) in [6, 6.07) is 0. The van der Waals surface area contributed by atoms with Crippen molar-refractivity contribution >= 4 is 5.97 Å². The summed E-state index contributed by atoms with van der Waals surface area (Å²) in [5, 5.41) is 8.96. The number of rotatable bonds is 1. The van der Waals surface area contributed by atoms with Crippen LogP contribution in [0, 0.1) is 17.3 Å². The molecule has 0 spiro atoms. The zero-order valence-electron chi connectivity index (χ0n) is 8.87. The number of fused-ring (bicyclic) bond motifs is 1. The molecular formula is C12H16O2. The van der Waals surface area contributed by atoms with Gasteiger partial charge >= 0.3 is 5.97 Å². The van der Waals surface area contributed by atoms with Gasteiger partial charge in [0.25, 0.3) is 0 Å². The second kappa shape index (κ2) is 2.72. The van der Waals surface area contributed by atoms with E-state index >= 15 is 0 Å². The van der Waals surface area contributed by atoms with Gasteiger partial charge in [-0.3, -0.25) is 4.79 Å². The van der Waals surface area contributed by atoms with Crippen molar-refractivity contribution in [2.24, 2.45) is 17.3 Å². The topological polar surface area (TPSA) is 37.3 Å². The maximum Gasteiger partial charge on any atom is 0.311 e. The number of hydrogen-bond acceptors (Lipinski definition) is 1. The summed E-state index contributed by atoms with van der Waals surface area (Å²) in [5.74, 6) is -0.639. The Morgan fingerprint density at radius 2 is 2.14 bits per heavy atom. The van der Waals surface area contributed by atoms with E-state index in [0.29, 0.717) is 0 Å². The van der Waals surface area contributed by atoms with Gasteiger partial charge in [-0.05, 0) is 23.3 Å². The van der Waals surface area contributed by atoms with E-state index in [-0.39, 0.29) is 17.3 Å². The normalized spacial score (nSPS) is 30.2. The second-order valence-corrected chi connectivity index (χ2v) is 5.28. The summed E-state index contributed by atoms with van der Waals surface area (Å²) >= 11 is 0. The smallest absolute Gasteiger partial charge is 0.311 e. The Bertz CT molecular complexity index is 342. The molecule has 2 unspecified atom stereocenters. The highest BCUT2D eigenvalue weighted by Gasteiger charge is 2.43. The average Bonchev–Trinajstić information content (AvgIpc) is 2.01. The van der Waals surface area contributed by atoms with E-state index in [2.05, 4.69) is 32.9 Å². The van der Waals surface area contributed by atoms with Gasteiger partial charge in [-0.1, -0.05) is 38.5 Å². The van der Waals surface area contributed by atoms with E-state index in [1.807, 2.05) is 0 Å². The zero-order chi connectivity index (χ0) is 10.5. The van der Waals surface area contributed by atoms with E-state index in [0.717, 1.165) is 12.0 Å². The summed E-state index contributed by atoms with van der Waals surface area (Å²) < 4.78 is 0. The molecule has 76 valence electrons. The molecule has 0 amide bonds. The number of allylic oxidation sites excluding steroid dienone is 3. The Hall–Kier alpha value is -1.05. The SMILES string of the molecule is CC(C)(C)C1=CC2CC(=C1)C2C(=O)O. The highest BCUT2D eigenvalue weighted by Crippen LogP contribution is 2.48. The van der Waals surface area contributed by atoms with Gasteiger partial charge < -0.3 is 5.11 Å². The van der Waals surface area contributed by atoms with Crippen molar-refractivity contribution in [1.82, 2.24) is 0 Å². The monoisotopic (exact) mass is 192 g/mol. The fourth-order valence-corrected chi connectivity index (χ4v) is 2.22. The lowest BCUT2D eigenvalue weighted by molar-refractivity contribution is -0.143. The second-order valence-electron chi connectivity index (χ2n) is 5.28. The third kappa shape index (κ3) is 1.29. The molecule has 3 aliphatic rings. The molecule has 0 aliphatic heterocycles. The van der Waals surface area contributed by atoms with Crippen molar-refractivity contribution in [2.75, 3.05) is 0 Å². The van der Waals surface area contributed by atoms with E-state index in [1.54, 1.807) is 0 Å². The quantitative estimate of drug-likeness (QED) is 0.693. The predicted octanol–water partition coefficient (Wildman–Crippen LogP) is 2.62. The Kier molecular flexibility index (Phi) is 1.85. The van der Waals surface area contributed by atoms with Crippen molar-refractivity contribution in [3.05, 3.63) is 23.3 Å². The summed E-state index contributed by atoms with van der Waals surface area (Å²) in [4.78, 5) is 10.9. The molecule has 2 heteroatoms. The molecule has 14 heavy (non-hydrogen) atoms. The van der Waals surface area contributed by atoms with Crippen molar-refractivity contribution in [3.63, 3.8) is 0 Å². The largest absolute Gasteiger partial charge is 0.481 e. The molecule has 0 radical (unpaired) electrons. The highest BCUT2D eigenvalue weighted by molar-refractivity contribution is 5.78. The number of hydrogen-bond donors (Lipinski definition) is 1. The molecule has 2 atom stereocenters. The number of carboxylic acid groups (broad SMARTS) is 1. The molecule has 3 aliphatic carbocycles. The zero-order valence-corrected chi connectivity index (χ0v) is 8.87. The van der Waals surface area contributed by atoms with Crippen LogP contribution in [0.5, 0.6) is 0 Å². The summed E-state index contributed by atoms with van der Waals surface area (Å²) in [5.41, 5.74) is 2.55. The lowest BCUT2D eigenvalue weighted by Gasteiger charge is -2.41. The van der Waals surface area contributed by atoms with E-state index in [9.17, 15) is 4.79 Å². The van der Waals surface area contributed by atoms with E-state index in [4.69, 9.17) is 5.11 Å². The third-order valence-electron chi connectivity index (χ3n) is 3.17. The number of aliphatic carboxylic acids is 1. The molecule has 1 saturated carbocycles. The minimum atomic E-state index is -0.670. The fraction of sp³-hybridized carbons (Fsp3) is 0.583. The Labute approximate surface area is 84.3 Å². The molecule has 0 saturated heterocycles. The van der Waals surface area contributed by atoms with Gasteiger partial charge in [0, 0.05) is 0 Å². The fourth-order valence-electron chi connectivity index (χ4n) is 2.22. The first-order valence-corrected chi connectivity index (χ1v) is 5.05. The first kappa shape index (κ1) is 9.50. The van der Waals surface area contributed by atoms with Crippen molar-refractivity contribution in [1.29, 1.82) is 0 Å². The molecule has 2 nitrogen and oxygen atoms in total. The van der Waals surface area contributed by atoms with Crippen molar-refractivity contribution < 1.29 is 9.90 Å². The van der Waals surface area contributed by atoms with Crippen molar-refractivity contribution in [3.8, 4) is 0 Å². The average molecular weight is 192 g/mol. The lowest BCUT2D eigenvalue weighted by Crippen LogP contribution is -2.37. The third-order valence-corrected chi connectivity index (χ3v) is 3.17. The van der Waals surface area contributed by atoms with Gasteiger partial charge in [-0.15, -0.1) is 0 Å². The van der Waals surface area contributed by atoms with Gasteiger partial charge in [0.1, 0.15) is 0 Å². The van der Waals surface area contributed by atoms with Crippen molar-refractivity contribution in [2.45, 2.75) is 27.2 Å². The maximum absolute atomic E-state index is 10.9. The van der Waals surface area contributed by atoms with Crippen LogP contribution in [-0.4, -0.2) is 11.1 Å². The molecule has 0 heterocycles. The Morgan fingerprint density at radius 1 is 1.50 bits per heavy atom. The van der Waals surface area contributed by atoms with Crippen LogP contribution in [0.2, 0.25) is 0 Å². The standard InChI is InChI=1S/C12H16O2/c1-12(2,3)9-5-7-4-8(6-9)10(7)11(13)14/h5-7,10H,4H2,1-3H3,(H,13,14). The van der Waals surface area contributed by atoms with Crippen LogP contribution in [0.15, 0.2) is 23.3 Å². The molecule has 0 aromatic rings. The van der Waals surface area contributed by atoms with Gasteiger partial charge in [-0.2, -0.15) is 0 Å². The molecule has 0 aromatic heterocycles. The number of carbonyl (C=O) groups is 1. The van der Waals surface area contributed by atoms with Gasteiger partial charge in [0.2, 0.25) is 0 Å². The van der Waals surface area contributed by atoms with Gasteiger partial charge in [0.15, 0.2) is 0 Å². The summed E-state index contributed by atoms with van der Waals surface area (Å²) in [6.07, 6.45) is 5.18. The molecule has 1 N–H and O–H groups in total. The summed E-state index contributed by atoms with van der Waals surface area (Å²) in [7, 11) is 0. The Morgan fingerprint density at radius 3 is 2.50 bits per heavy atom. The Balaban J connectivity index is 2.24. The molecular weight excluding hydrogens is 176 g/mol. The minimum Gasteiger partial charge on any atom is -0.481 e. The van der Waals surface area contributed by atoms with Gasteiger partial charge in [-0.25, -0.2) is 0 Å². The first-order valence-electron chi connectivity index (χ1n) is 5.05. The van der Waals surface area contributed by atoms with Crippen LogP contribution in [0.3, 0.4) is 0 Å². The van der Waals surface area contributed by atoms with Crippen LogP contribution in [0.4, 0.5) is 0 Å². The number of carboxylic acids is 1.